The van der Waals surface area contributed by atoms with Gasteiger partial charge in [0.15, 0.2) is 0 Å². The third-order valence-corrected chi connectivity index (χ3v) is 1.34. The molecule has 0 saturated heterocycles. The van der Waals surface area contributed by atoms with Gasteiger partial charge >= 0.3 is 5.97 Å². The van der Waals surface area contributed by atoms with Gasteiger partial charge < -0.3 is 5.11 Å². The number of allylic oxidation sites excluding steroid dienone is 4. The topological polar surface area (TPSA) is 49.7 Å². The SMILES string of the molecule is O=C(O)/C=C/C1C=CC=CN=C1. The van der Waals surface area contributed by atoms with Crippen LogP contribution in [0.5, 0.6) is 0 Å². The Labute approximate surface area is 70.4 Å². The van der Waals surface area contributed by atoms with Crippen LogP contribution in [0.25, 0.3) is 0 Å². The Hall–Kier alpha value is -1.64. The minimum Gasteiger partial charge on any atom is -0.478 e. The molecule has 1 unspecified atom stereocenters. The number of hydrogen-bond donors (Lipinski definition) is 1. The maximum Gasteiger partial charge on any atom is 0.328 e. The molecule has 0 bridgehead atoms. The summed E-state index contributed by atoms with van der Waals surface area (Å²) in [4.78, 5) is 14.1. The molecule has 3 nitrogen and oxygen atoms in total. The predicted octanol–water partition coefficient (Wildman–Crippen LogP) is 1.40. The number of carbonyl (C=O) groups is 1. The fourth-order valence-electron chi connectivity index (χ4n) is 0.798. The first-order valence-corrected chi connectivity index (χ1v) is 3.57. The molecule has 1 aliphatic heterocycles. The van der Waals surface area contributed by atoms with Crippen LogP contribution in [0.3, 0.4) is 0 Å². The molecular weight excluding hydrogens is 154 g/mol. The second-order valence-electron chi connectivity index (χ2n) is 2.30. The third kappa shape index (κ3) is 2.96. The Balaban J connectivity index is 2.59. The molecule has 3 heteroatoms. The molecule has 0 aromatic rings. The average molecular weight is 163 g/mol. The zero-order chi connectivity index (χ0) is 8.81. The maximum absolute atomic E-state index is 10.2. The second kappa shape index (κ2) is 4.28. The van der Waals surface area contributed by atoms with Crippen LogP contribution >= 0.6 is 0 Å². The van der Waals surface area contributed by atoms with Crippen molar-refractivity contribution in [3.8, 4) is 0 Å². The van der Waals surface area contributed by atoms with E-state index in [1.54, 1.807) is 24.6 Å². The molecule has 1 N–H and O–H groups in total. The van der Waals surface area contributed by atoms with Gasteiger partial charge in [-0.15, -0.1) is 0 Å². The van der Waals surface area contributed by atoms with Crippen molar-refractivity contribution in [1.29, 1.82) is 0 Å². The van der Waals surface area contributed by atoms with Crippen molar-refractivity contribution in [1.82, 2.24) is 0 Å². The van der Waals surface area contributed by atoms with Crippen LogP contribution in [0.2, 0.25) is 0 Å². The van der Waals surface area contributed by atoms with Crippen LogP contribution in [-0.2, 0) is 4.79 Å². The maximum atomic E-state index is 10.2. The van der Waals surface area contributed by atoms with Gasteiger partial charge in [-0.05, 0) is 6.08 Å². The van der Waals surface area contributed by atoms with Crippen molar-refractivity contribution in [2.75, 3.05) is 0 Å². The quantitative estimate of drug-likeness (QED) is 0.625. The lowest BCUT2D eigenvalue weighted by Crippen LogP contribution is -1.94. The lowest BCUT2D eigenvalue weighted by atomic mass is 10.1. The molecule has 0 spiro atoms. The van der Waals surface area contributed by atoms with Crippen molar-refractivity contribution in [3.63, 3.8) is 0 Å². The van der Waals surface area contributed by atoms with E-state index in [0.717, 1.165) is 6.08 Å². The summed E-state index contributed by atoms with van der Waals surface area (Å²) in [5.41, 5.74) is 0. The summed E-state index contributed by atoms with van der Waals surface area (Å²) in [5.74, 6) is -0.954. The van der Waals surface area contributed by atoms with Gasteiger partial charge in [0.05, 0.1) is 0 Å². The minimum absolute atomic E-state index is 0.0175. The summed E-state index contributed by atoms with van der Waals surface area (Å²) in [6.45, 7) is 0. The van der Waals surface area contributed by atoms with Crippen molar-refractivity contribution in [3.05, 3.63) is 36.6 Å². The lowest BCUT2D eigenvalue weighted by molar-refractivity contribution is -0.131. The standard InChI is InChI=1S/C9H9NO2/c11-9(12)5-4-8-3-1-2-6-10-7-8/h1-8H,(H,11,12)/b5-4+. The zero-order valence-corrected chi connectivity index (χ0v) is 6.42. The molecule has 0 amide bonds. The van der Waals surface area contributed by atoms with Crippen LogP contribution in [0.4, 0.5) is 0 Å². The van der Waals surface area contributed by atoms with Crippen LogP contribution < -0.4 is 0 Å². The van der Waals surface area contributed by atoms with Gasteiger partial charge in [0, 0.05) is 24.4 Å². The normalized spacial score (nSPS) is 21.5. The molecule has 0 fully saturated rings. The summed E-state index contributed by atoms with van der Waals surface area (Å²) in [6, 6.07) is 0. The first-order chi connectivity index (χ1) is 5.79. The Morgan fingerprint density at radius 2 is 2.33 bits per heavy atom. The third-order valence-electron chi connectivity index (χ3n) is 1.34. The summed E-state index contributed by atoms with van der Waals surface area (Å²) >= 11 is 0. The molecule has 0 aromatic carbocycles. The Morgan fingerprint density at radius 3 is 3.08 bits per heavy atom. The monoisotopic (exact) mass is 163 g/mol. The molecule has 0 saturated carbocycles. The first kappa shape index (κ1) is 8.46. The fourth-order valence-corrected chi connectivity index (χ4v) is 0.798. The van der Waals surface area contributed by atoms with Gasteiger partial charge in [-0.25, -0.2) is 4.79 Å². The average Bonchev–Trinajstić information content (AvgIpc) is 2.28. The molecule has 62 valence electrons. The largest absolute Gasteiger partial charge is 0.478 e. The summed E-state index contributed by atoms with van der Waals surface area (Å²) in [6.07, 6.45) is 11.5. The number of hydrogen-bond acceptors (Lipinski definition) is 2. The number of carboxylic acids is 1. The number of aliphatic carboxylic acids is 1. The lowest BCUT2D eigenvalue weighted by Gasteiger charge is -1.94. The van der Waals surface area contributed by atoms with Crippen molar-refractivity contribution >= 4 is 12.2 Å². The van der Waals surface area contributed by atoms with Crippen molar-refractivity contribution < 1.29 is 9.90 Å². The molecule has 1 atom stereocenters. The van der Waals surface area contributed by atoms with E-state index in [4.69, 9.17) is 5.11 Å². The Morgan fingerprint density at radius 1 is 1.50 bits per heavy atom. The molecular formula is C9H9NO2. The van der Waals surface area contributed by atoms with Crippen molar-refractivity contribution in [2.24, 2.45) is 10.9 Å². The van der Waals surface area contributed by atoms with Crippen LogP contribution in [0.1, 0.15) is 0 Å². The highest BCUT2D eigenvalue weighted by Crippen LogP contribution is 2.01. The fraction of sp³-hybridized carbons (Fsp3) is 0.111. The number of aliphatic imine (C=N–C) groups is 1. The van der Waals surface area contributed by atoms with Crippen LogP contribution in [-0.4, -0.2) is 17.3 Å². The Bertz CT molecular complexity index is 258. The number of rotatable bonds is 2. The van der Waals surface area contributed by atoms with Crippen LogP contribution in [0.15, 0.2) is 41.6 Å². The summed E-state index contributed by atoms with van der Waals surface area (Å²) in [7, 11) is 0. The summed E-state index contributed by atoms with van der Waals surface area (Å²) < 4.78 is 0. The van der Waals surface area contributed by atoms with E-state index in [1.165, 1.54) is 0 Å². The van der Waals surface area contributed by atoms with E-state index in [1.807, 2.05) is 12.2 Å². The molecule has 1 heterocycles. The van der Waals surface area contributed by atoms with E-state index in [9.17, 15) is 4.79 Å². The first-order valence-electron chi connectivity index (χ1n) is 3.57. The van der Waals surface area contributed by atoms with Crippen molar-refractivity contribution in [2.45, 2.75) is 0 Å². The van der Waals surface area contributed by atoms with E-state index < -0.39 is 5.97 Å². The van der Waals surface area contributed by atoms with E-state index in [2.05, 4.69) is 4.99 Å². The van der Waals surface area contributed by atoms with Gasteiger partial charge in [0.25, 0.3) is 0 Å². The van der Waals surface area contributed by atoms with Gasteiger partial charge in [-0.2, -0.15) is 0 Å². The zero-order valence-electron chi connectivity index (χ0n) is 6.42. The molecule has 1 rings (SSSR count). The smallest absolute Gasteiger partial charge is 0.328 e. The highest BCUT2D eigenvalue weighted by atomic mass is 16.4. The summed E-state index contributed by atoms with van der Waals surface area (Å²) in [5, 5.41) is 8.34. The van der Waals surface area contributed by atoms with Gasteiger partial charge in [0.2, 0.25) is 0 Å². The van der Waals surface area contributed by atoms with E-state index >= 15 is 0 Å². The number of nitrogens with zero attached hydrogens (tertiary/aromatic N) is 1. The molecule has 0 radical (unpaired) electrons. The van der Waals surface area contributed by atoms with Gasteiger partial charge in [0.1, 0.15) is 0 Å². The highest BCUT2D eigenvalue weighted by molar-refractivity contribution is 5.81. The molecule has 0 aliphatic carbocycles. The second-order valence-corrected chi connectivity index (χ2v) is 2.30. The number of carboxylic acid groups (broad SMARTS) is 1. The van der Waals surface area contributed by atoms with Crippen LogP contribution in [0, 0.1) is 5.92 Å². The Kier molecular flexibility index (Phi) is 3.02. The van der Waals surface area contributed by atoms with Gasteiger partial charge in [-0.1, -0.05) is 18.2 Å². The molecule has 12 heavy (non-hydrogen) atoms. The van der Waals surface area contributed by atoms with E-state index in [-0.39, 0.29) is 5.92 Å². The minimum atomic E-state index is -0.936. The predicted molar refractivity (Wildman–Crippen MR) is 47.0 cm³/mol. The highest BCUT2D eigenvalue weighted by Gasteiger charge is 1.96. The van der Waals surface area contributed by atoms with Gasteiger partial charge in [-0.3, -0.25) is 4.99 Å². The molecule has 1 aliphatic rings. The molecule has 0 aromatic heterocycles. The van der Waals surface area contributed by atoms with E-state index in [0.29, 0.717) is 0 Å².